The van der Waals surface area contributed by atoms with Gasteiger partial charge in [0, 0.05) is 20.0 Å². The van der Waals surface area contributed by atoms with Crippen LogP contribution in [0.5, 0.6) is 0 Å². The fraction of sp³-hybridized carbons (Fsp3) is 0.556. The van der Waals surface area contributed by atoms with Crippen molar-refractivity contribution >= 4 is 29.9 Å². The summed E-state index contributed by atoms with van der Waals surface area (Å²) in [6, 6.07) is 5.78. The van der Waals surface area contributed by atoms with Crippen molar-refractivity contribution in [2.45, 2.75) is 31.7 Å². The molecule has 2 unspecified atom stereocenters. The molecule has 0 aromatic heterocycles. The summed E-state index contributed by atoms with van der Waals surface area (Å²) in [7, 11) is 1.68. The Morgan fingerprint density at radius 2 is 2.12 bits per heavy atom. The number of carbonyl (C=O) groups is 2. The van der Waals surface area contributed by atoms with E-state index in [1.54, 1.807) is 30.1 Å². The lowest BCUT2D eigenvalue weighted by Gasteiger charge is -2.24. The van der Waals surface area contributed by atoms with Crippen LogP contribution < -0.4 is 10.2 Å². The van der Waals surface area contributed by atoms with E-state index in [0.29, 0.717) is 31.0 Å². The van der Waals surface area contributed by atoms with Gasteiger partial charge in [0.15, 0.2) is 0 Å². The van der Waals surface area contributed by atoms with E-state index in [4.69, 9.17) is 0 Å². The number of carbonyl (C=O) groups excluding carboxylic acids is 2. The molecule has 0 aliphatic carbocycles. The Balaban J connectivity index is 0.00000225. The molecule has 138 valence electrons. The first kappa shape index (κ1) is 19.7. The van der Waals surface area contributed by atoms with Crippen LogP contribution in [0.1, 0.15) is 25.7 Å². The summed E-state index contributed by atoms with van der Waals surface area (Å²) in [6.45, 7) is 2.43. The maximum absolute atomic E-state index is 13.9. The molecule has 2 heterocycles. The van der Waals surface area contributed by atoms with E-state index in [9.17, 15) is 14.0 Å². The number of amides is 2. The van der Waals surface area contributed by atoms with E-state index in [2.05, 4.69) is 5.32 Å². The standard InChI is InChI=1S/C18H24FN3O2.ClH/c1-21(17(23)7-6-13-8-10-20-12-13)16-9-11-22(18(16)24)15-5-3-2-4-14(15)19;/h2-5,13,16,20H,6-12H2,1H3;1H. The van der Waals surface area contributed by atoms with Gasteiger partial charge in [-0.3, -0.25) is 9.59 Å². The molecule has 25 heavy (non-hydrogen) atoms. The first-order valence-electron chi connectivity index (χ1n) is 8.60. The van der Waals surface area contributed by atoms with E-state index in [-0.39, 0.29) is 24.2 Å². The maximum Gasteiger partial charge on any atom is 0.249 e. The minimum absolute atomic E-state index is 0. The number of nitrogens with one attached hydrogen (secondary N) is 1. The maximum atomic E-state index is 13.9. The van der Waals surface area contributed by atoms with Gasteiger partial charge in [-0.25, -0.2) is 4.39 Å². The quantitative estimate of drug-likeness (QED) is 0.865. The molecule has 7 heteroatoms. The molecule has 2 atom stereocenters. The summed E-state index contributed by atoms with van der Waals surface area (Å²) in [5.41, 5.74) is 0.294. The predicted molar refractivity (Wildman–Crippen MR) is 97.4 cm³/mol. The minimum Gasteiger partial charge on any atom is -0.334 e. The van der Waals surface area contributed by atoms with Gasteiger partial charge in [-0.15, -0.1) is 12.4 Å². The topological polar surface area (TPSA) is 52.7 Å². The molecule has 1 aromatic rings. The largest absolute Gasteiger partial charge is 0.334 e. The van der Waals surface area contributed by atoms with Crippen LogP contribution in [0, 0.1) is 11.7 Å². The molecule has 1 N–H and O–H groups in total. The fourth-order valence-electron chi connectivity index (χ4n) is 3.57. The fourth-order valence-corrected chi connectivity index (χ4v) is 3.57. The third-order valence-electron chi connectivity index (χ3n) is 5.11. The molecule has 1 aromatic carbocycles. The van der Waals surface area contributed by atoms with Crippen molar-refractivity contribution in [3.05, 3.63) is 30.1 Å². The van der Waals surface area contributed by atoms with E-state index < -0.39 is 11.9 Å². The van der Waals surface area contributed by atoms with Crippen molar-refractivity contribution in [3.63, 3.8) is 0 Å². The number of rotatable bonds is 5. The van der Waals surface area contributed by atoms with Crippen LogP contribution in [0.3, 0.4) is 0 Å². The Hall–Kier alpha value is -1.66. The molecular weight excluding hydrogens is 345 g/mol. The molecule has 2 amide bonds. The number of anilines is 1. The lowest BCUT2D eigenvalue weighted by Crippen LogP contribution is -2.43. The molecular formula is C18H25ClFN3O2. The van der Waals surface area contributed by atoms with Gasteiger partial charge in [0.25, 0.3) is 0 Å². The Morgan fingerprint density at radius 1 is 1.36 bits per heavy atom. The van der Waals surface area contributed by atoms with Gasteiger partial charge in [0.05, 0.1) is 5.69 Å². The molecule has 0 radical (unpaired) electrons. The molecule has 2 fully saturated rings. The second-order valence-electron chi connectivity index (χ2n) is 6.65. The van der Waals surface area contributed by atoms with Gasteiger partial charge in [0.2, 0.25) is 11.8 Å². The molecule has 2 aliphatic rings. The van der Waals surface area contributed by atoms with Crippen LogP contribution in [0.2, 0.25) is 0 Å². The smallest absolute Gasteiger partial charge is 0.249 e. The van der Waals surface area contributed by atoms with Crippen LogP contribution in [-0.2, 0) is 9.59 Å². The van der Waals surface area contributed by atoms with Crippen molar-refractivity contribution in [1.29, 1.82) is 0 Å². The van der Waals surface area contributed by atoms with Crippen LogP contribution in [0.4, 0.5) is 10.1 Å². The highest BCUT2D eigenvalue weighted by atomic mass is 35.5. The van der Waals surface area contributed by atoms with Gasteiger partial charge in [-0.1, -0.05) is 12.1 Å². The lowest BCUT2D eigenvalue weighted by atomic mass is 10.0. The molecule has 0 saturated carbocycles. The predicted octanol–water partition coefficient (Wildman–Crippen LogP) is 2.20. The zero-order chi connectivity index (χ0) is 17.1. The van der Waals surface area contributed by atoms with Gasteiger partial charge < -0.3 is 15.1 Å². The van der Waals surface area contributed by atoms with Crippen LogP contribution in [-0.4, -0.2) is 49.4 Å². The van der Waals surface area contributed by atoms with Crippen molar-refractivity contribution < 1.29 is 14.0 Å². The Kier molecular flexibility index (Phi) is 6.79. The summed E-state index contributed by atoms with van der Waals surface area (Å²) >= 11 is 0. The summed E-state index contributed by atoms with van der Waals surface area (Å²) in [5.74, 6) is -0.0557. The first-order valence-corrected chi connectivity index (χ1v) is 8.60. The van der Waals surface area contributed by atoms with Gasteiger partial charge in [0.1, 0.15) is 11.9 Å². The van der Waals surface area contributed by atoms with Crippen molar-refractivity contribution in [2.24, 2.45) is 5.92 Å². The summed E-state index contributed by atoms with van der Waals surface area (Å²) in [4.78, 5) is 28.0. The van der Waals surface area contributed by atoms with Gasteiger partial charge in [-0.2, -0.15) is 0 Å². The van der Waals surface area contributed by atoms with E-state index in [1.165, 1.54) is 11.0 Å². The number of hydrogen-bond donors (Lipinski definition) is 1. The summed E-state index contributed by atoms with van der Waals surface area (Å²) < 4.78 is 13.9. The highest BCUT2D eigenvalue weighted by Crippen LogP contribution is 2.26. The third-order valence-corrected chi connectivity index (χ3v) is 5.11. The van der Waals surface area contributed by atoms with Crippen LogP contribution in [0.15, 0.2) is 24.3 Å². The van der Waals surface area contributed by atoms with Crippen molar-refractivity contribution in [2.75, 3.05) is 31.6 Å². The molecule has 2 aliphatic heterocycles. The Morgan fingerprint density at radius 3 is 2.80 bits per heavy atom. The van der Waals surface area contributed by atoms with E-state index in [1.807, 2.05) is 0 Å². The first-order chi connectivity index (χ1) is 11.6. The van der Waals surface area contributed by atoms with Crippen molar-refractivity contribution in [3.8, 4) is 0 Å². The number of hydrogen-bond acceptors (Lipinski definition) is 3. The second kappa shape index (κ2) is 8.63. The Labute approximate surface area is 154 Å². The highest BCUT2D eigenvalue weighted by Gasteiger charge is 2.37. The van der Waals surface area contributed by atoms with Crippen LogP contribution in [0.25, 0.3) is 0 Å². The van der Waals surface area contributed by atoms with E-state index in [0.717, 1.165) is 25.9 Å². The van der Waals surface area contributed by atoms with Gasteiger partial charge in [-0.05, 0) is 50.4 Å². The highest BCUT2D eigenvalue weighted by molar-refractivity contribution is 6.01. The molecule has 0 bridgehead atoms. The van der Waals surface area contributed by atoms with Crippen molar-refractivity contribution in [1.82, 2.24) is 10.2 Å². The number of nitrogens with zero attached hydrogens (tertiary/aromatic N) is 2. The SMILES string of the molecule is CN(C(=O)CCC1CCNC1)C1CCN(c2ccccc2F)C1=O.Cl. The number of para-hydroxylation sites is 1. The molecule has 0 spiro atoms. The number of benzene rings is 1. The lowest BCUT2D eigenvalue weighted by molar-refractivity contribution is -0.136. The number of likely N-dealkylation sites (N-methyl/N-ethyl adjacent to an activating group) is 1. The monoisotopic (exact) mass is 369 g/mol. The minimum atomic E-state index is -0.487. The van der Waals surface area contributed by atoms with Gasteiger partial charge >= 0.3 is 0 Å². The normalized spacial score (nSPS) is 22.8. The summed E-state index contributed by atoms with van der Waals surface area (Å²) in [6.07, 6.45) is 2.97. The molecule has 3 rings (SSSR count). The molecule has 2 saturated heterocycles. The molecule has 5 nitrogen and oxygen atoms in total. The number of halogens is 2. The average Bonchev–Trinajstić information content (AvgIpc) is 3.22. The third kappa shape index (κ3) is 4.30. The van der Waals surface area contributed by atoms with Crippen LogP contribution >= 0.6 is 12.4 Å². The van der Waals surface area contributed by atoms with E-state index >= 15 is 0 Å². The Bertz CT molecular complexity index is 622. The average molecular weight is 370 g/mol. The zero-order valence-corrected chi connectivity index (χ0v) is 15.2. The summed E-state index contributed by atoms with van der Waals surface area (Å²) in [5, 5.41) is 3.30. The second-order valence-corrected chi connectivity index (χ2v) is 6.65. The zero-order valence-electron chi connectivity index (χ0n) is 14.4.